The van der Waals surface area contributed by atoms with Crippen LogP contribution in [0.4, 0.5) is 0 Å². The highest BCUT2D eigenvalue weighted by molar-refractivity contribution is 5.30. The van der Waals surface area contributed by atoms with Crippen molar-refractivity contribution in [3.8, 4) is 0 Å². The molecule has 0 saturated heterocycles. The van der Waals surface area contributed by atoms with Crippen LogP contribution in [0.3, 0.4) is 0 Å². The first-order chi connectivity index (χ1) is 9.21. The van der Waals surface area contributed by atoms with Gasteiger partial charge in [0.25, 0.3) is 0 Å². The fourth-order valence-corrected chi connectivity index (χ4v) is 3.76. The molecular formula is C16H23NO2. The van der Waals surface area contributed by atoms with E-state index in [0.29, 0.717) is 0 Å². The number of pyridine rings is 1. The molecule has 1 aromatic rings. The molecule has 0 bridgehead atoms. The van der Waals surface area contributed by atoms with Crippen molar-refractivity contribution < 1.29 is 10.2 Å². The Kier molecular flexibility index (Phi) is 3.59. The molecule has 2 N–H and O–H groups in total. The zero-order valence-corrected chi connectivity index (χ0v) is 11.4. The predicted molar refractivity (Wildman–Crippen MR) is 74.0 cm³/mol. The van der Waals surface area contributed by atoms with Crippen molar-refractivity contribution in [2.45, 2.75) is 69.0 Å². The Hall–Kier alpha value is -0.930. The summed E-state index contributed by atoms with van der Waals surface area (Å²) >= 11 is 0. The van der Waals surface area contributed by atoms with E-state index in [4.69, 9.17) is 0 Å². The molecule has 0 radical (unpaired) electrons. The van der Waals surface area contributed by atoms with Crippen molar-refractivity contribution >= 4 is 0 Å². The first-order valence-corrected chi connectivity index (χ1v) is 7.55. The van der Waals surface area contributed by atoms with Crippen LogP contribution in [0.1, 0.15) is 62.1 Å². The molecule has 104 valence electrons. The smallest absolute Gasteiger partial charge is 0.0912 e. The zero-order valence-electron chi connectivity index (χ0n) is 11.4. The summed E-state index contributed by atoms with van der Waals surface area (Å²) in [5, 5.41) is 21.5. The number of hydrogen-bond donors (Lipinski definition) is 2. The lowest BCUT2D eigenvalue weighted by molar-refractivity contribution is -0.0957. The molecule has 3 rings (SSSR count). The molecule has 2 atom stereocenters. The molecule has 1 saturated carbocycles. The van der Waals surface area contributed by atoms with Crippen molar-refractivity contribution in [1.29, 1.82) is 0 Å². The van der Waals surface area contributed by atoms with Gasteiger partial charge in [0.05, 0.1) is 11.7 Å². The third-order valence-corrected chi connectivity index (χ3v) is 4.90. The van der Waals surface area contributed by atoms with Gasteiger partial charge >= 0.3 is 0 Å². The first-order valence-electron chi connectivity index (χ1n) is 7.55. The standard InChI is InChI=1S/C16H23NO2/c18-15(16(19)9-3-1-2-4-10-16)13-8-7-12-6-5-11-17-14(12)13/h5-6,11,13,15,18-19H,1-4,7-10H2. The van der Waals surface area contributed by atoms with Crippen molar-refractivity contribution in [2.75, 3.05) is 0 Å². The summed E-state index contributed by atoms with van der Waals surface area (Å²) in [6.45, 7) is 0. The minimum Gasteiger partial charge on any atom is -0.389 e. The van der Waals surface area contributed by atoms with E-state index in [2.05, 4.69) is 11.1 Å². The topological polar surface area (TPSA) is 53.4 Å². The van der Waals surface area contributed by atoms with Crippen LogP contribution in [0, 0.1) is 0 Å². The van der Waals surface area contributed by atoms with E-state index in [9.17, 15) is 10.2 Å². The lowest BCUT2D eigenvalue weighted by Gasteiger charge is -2.35. The summed E-state index contributed by atoms with van der Waals surface area (Å²) in [7, 11) is 0. The third kappa shape index (κ3) is 2.41. The van der Waals surface area contributed by atoms with E-state index < -0.39 is 11.7 Å². The number of aliphatic hydroxyl groups is 2. The normalized spacial score (nSPS) is 27.6. The molecule has 0 aromatic carbocycles. The van der Waals surface area contributed by atoms with E-state index in [0.717, 1.165) is 44.2 Å². The van der Waals surface area contributed by atoms with Gasteiger partial charge in [0.15, 0.2) is 0 Å². The Balaban J connectivity index is 1.82. The van der Waals surface area contributed by atoms with Crippen LogP contribution in [0.25, 0.3) is 0 Å². The second-order valence-electron chi connectivity index (χ2n) is 6.16. The second kappa shape index (κ2) is 5.22. The average molecular weight is 261 g/mol. The van der Waals surface area contributed by atoms with Gasteiger partial charge in [-0.2, -0.15) is 0 Å². The molecule has 2 unspecified atom stereocenters. The first kappa shape index (κ1) is 13.1. The summed E-state index contributed by atoms with van der Waals surface area (Å²) < 4.78 is 0. The van der Waals surface area contributed by atoms with Crippen molar-refractivity contribution in [3.63, 3.8) is 0 Å². The molecular weight excluding hydrogens is 238 g/mol. The summed E-state index contributed by atoms with van der Waals surface area (Å²) in [5.41, 5.74) is 1.34. The summed E-state index contributed by atoms with van der Waals surface area (Å²) in [4.78, 5) is 4.44. The van der Waals surface area contributed by atoms with E-state index in [1.807, 2.05) is 6.07 Å². The van der Waals surface area contributed by atoms with Crippen molar-refractivity contribution in [2.24, 2.45) is 0 Å². The highest BCUT2D eigenvalue weighted by Crippen LogP contribution is 2.41. The van der Waals surface area contributed by atoms with Gasteiger partial charge in [0, 0.05) is 17.8 Å². The number of fused-ring (bicyclic) bond motifs is 1. The third-order valence-electron chi connectivity index (χ3n) is 4.90. The van der Waals surface area contributed by atoms with Crippen LogP contribution in [-0.2, 0) is 6.42 Å². The van der Waals surface area contributed by atoms with E-state index in [-0.39, 0.29) is 5.92 Å². The van der Waals surface area contributed by atoms with Crippen LogP contribution in [0.5, 0.6) is 0 Å². The fourth-order valence-electron chi connectivity index (χ4n) is 3.76. The lowest BCUT2D eigenvalue weighted by Crippen LogP contribution is -2.45. The zero-order chi connectivity index (χ0) is 13.3. The maximum absolute atomic E-state index is 10.8. The van der Waals surface area contributed by atoms with Gasteiger partial charge in [-0.25, -0.2) is 0 Å². The molecule has 1 heterocycles. The Morgan fingerprint density at radius 1 is 1.21 bits per heavy atom. The molecule has 2 aliphatic rings. The highest BCUT2D eigenvalue weighted by Gasteiger charge is 2.43. The minimum atomic E-state index is -0.902. The Morgan fingerprint density at radius 3 is 2.68 bits per heavy atom. The van der Waals surface area contributed by atoms with Crippen molar-refractivity contribution in [1.82, 2.24) is 4.98 Å². The van der Waals surface area contributed by atoms with Crippen LogP contribution >= 0.6 is 0 Å². The molecule has 0 amide bonds. The largest absolute Gasteiger partial charge is 0.389 e. The quantitative estimate of drug-likeness (QED) is 0.804. The number of aromatic nitrogens is 1. The summed E-state index contributed by atoms with van der Waals surface area (Å²) in [5.74, 6) is 0.0132. The van der Waals surface area contributed by atoms with Gasteiger partial charge in [0.2, 0.25) is 0 Å². The van der Waals surface area contributed by atoms with Crippen LogP contribution in [-0.4, -0.2) is 26.9 Å². The SMILES string of the molecule is OC(C1CCc2cccnc21)C1(O)CCCCCC1. The van der Waals surface area contributed by atoms with Gasteiger partial charge in [-0.15, -0.1) is 0 Å². The maximum atomic E-state index is 10.8. The monoisotopic (exact) mass is 261 g/mol. The lowest BCUT2D eigenvalue weighted by atomic mass is 9.80. The number of nitrogens with zero attached hydrogens (tertiary/aromatic N) is 1. The van der Waals surface area contributed by atoms with Gasteiger partial charge in [-0.1, -0.05) is 31.7 Å². The number of rotatable bonds is 2. The summed E-state index contributed by atoms with van der Waals surface area (Å²) in [6.07, 6.45) is 8.87. The van der Waals surface area contributed by atoms with Gasteiger partial charge < -0.3 is 10.2 Å². The number of hydrogen-bond acceptors (Lipinski definition) is 3. The average Bonchev–Trinajstić information content (AvgIpc) is 2.73. The van der Waals surface area contributed by atoms with E-state index >= 15 is 0 Å². The van der Waals surface area contributed by atoms with Gasteiger partial charge in [0.1, 0.15) is 0 Å². The maximum Gasteiger partial charge on any atom is 0.0912 e. The van der Waals surface area contributed by atoms with E-state index in [1.165, 1.54) is 18.4 Å². The molecule has 3 heteroatoms. The van der Waals surface area contributed by atoms with E-state index in [1.54, 1.807) is 6.20 Å². The van der Waals surface area contributed by atoms with Crippen molar-refractivity contribution in [3.05, 3.63) is 29.6 Å². The fraction of sp³-hybridized carbons (Fsp3) is 0.688. The van der Waals surface area contributed by atoms with Gasteiger partial charge in [-0.05, 0) is 37.3 Å². The van der Waals surface area contributed by atoms with Crippen LogP contribution < -0.4 is 0 Å². The molecule has 0 aliphatic heterocycles. The van der Waals surface area contributed by atoms with Gasteiger partial charge in [-0.3, -0.25) is 4.98 Å². The molecule has 1 fully saturated rings. The molecule has 1 aromatic heterocycles. The molecule has 2 aliphatic carbocycles. The molecule has 0 spiro atoms. The Bertz CT molecular complexity index is 438. The Morgan fingerprint density at radius 2 is 1.95 bits per heavy atom. The van der Waals surface area contributed by atoms with Crippen LogP contribution in [0.15, 0.2) is 18.3 Å². The number of aryl methyl sites for hydroxylation is 1. The van der Waals surface area contributed by atoms with Crippen LogP contribution in [0.2, 0.25) is 0 Å². The molecule has 3 nitrogen and oxygen atoms in total. The highest BCUT2D eigenvalue weighted by atomic mass is 16.3. The predicted octanol–water partition coefficient (Wildman–Crippen LogP) is 2.56. The second-order valence-corrected chi connectivity index (χ2v) is 6.16. The summed E-state index contributed by atoms with van der Waals surface area (Å²) in [6, 6.07) is 4.04. The minimum absolute atomic E-state index is 0.0132. The Labute approximate surface area is 114 Å². The number of aliphatic hydroxyl groups excluding tert-OH is 1. The molecule has 19 heavy (non-hydrogen) atoms.